The summed E-state index contributed by atoms with van der Waals surface area (Å²) in [5, 5.41) is 14.2. The topological polar surface area (TPSA) is 93.4 Å². The van der Waals surface area contributed by atoms with E-state index in [0.717, 1.165) is 25.9 Å². The zero-order valence-electron chi connectivity index (χ0n) is 11.0. The van der Waals surface area contributed by atoms with Gasteiger partial charge in [-0.25, -0.2) is 4.98 Å². The van der Waals surface area contributed by atoms with Crippen molar-refractivity contribution in [3.8, 4) is 5.88 Å². The zero-order valence-corrected chi connectivity index (χ0v) is 11.0. The average Bonchev–Trinajstić information content (AvgIpc) is 2.40. The van der Waals surface area contributed by atoms with E-state index in [-0.39, 0.29) is 23.4 Å². The van der Waals surface area contributed by atoms with E-state index in [2.05, 4.69) is 27.2 Å². The van der Waals surface area contributed by atoms with Gasteiger partial charge in [0.25, 0.3) is 5.88 Å². The van der Waals surface area contributed by atoms with Gasteiger partial charge in [0.2, 0.25) is 5.82 Å². The van der Waals surface area contributed by atoms with Crippen molar-refractivity contribution in [3.63, 3.8) is 0 Å². The molecule has 8 nitrogen and oxygen atoms in total. The maximum Gasteiger partial charge on any atom is 0.372 e. The number of methoxy groups -OCH3 is 1. The van der Waals surface area contributed by atoms with Crippen molar-refractivity contribution in [2.45, 2.75) is 18.9 Å². The summed E-state index contributed by atoms with van der Waals surface area (Å²) < 4.78 is 4.91. The minimum atomic E-state index is -0.518. The van der Waals surface area contributed by atoms with Crippen LogP contribution < -0.4 is 10.1 Å². The predicted octanol–water partition coefficient (Wildman–Crippen LogP) is 0.899. The van der Waals surface area contributed by atoms with Crippen molar-refractivity contribution in [3.05, 3.63) is 16.4 Å². The second-order valence-corrected chi connectivity index (χ2v) is 4.56. The van der Waals surface area contributed by atoms with E-state index in [1.165, 1.54) is 13.4 Å². The van der Waals surface area contributed by atoms with Crippen LogP contribution in [-0.2, 0) is 0 Å². The van der Waals surface area contributed by atoms with Gasteiger partial charge in [-0.05, 0) is 33.0 Å². The normalized spacial score (nSPS) is 17.2. The molecule has 1 aliphatic heterocycles. The van der Waals surface area contributed by atoms with Crippen LogP contribution in [0.3, 0.4) is 0 Å². The van der Waals surface area contributed by atoms with Gasteiger partial charge in [0.05, 0.1) is 12.0 Å². The van der Waals surface area contributed by atoms with Crippen LogP contribution in [0.15, 0.2) is 6.33 Å². The van der Waals surface area contributed by atoms with E-state index in [1.807, 2.05) is 0 Å². The first kappa shape index (κ1) is 13.5. The Morgan fingerprint density at radius 2 is 2.16 bits per heavy atom. The molecule has 1 saturated heterocycles. The number of nitrogens with one attached hydrogen (secondary N) is 1. The molecule has 0 saturated carbocycles. The van der Waals surface area contributed by atoms with Gasteiger partial charge in [0.15, 0.2) is 0 Å². The summed E-state index contributed by atoms with van der Waals surface area (Å²) in [5.41, 5.74) is -0.205. The van der Waals surface area contributed by atoms with Gasteiger partial charge in [0.1, 0.15) is 6.33 Å². The van der Waals surface area contributed by atoms with Crippen LogP contribution in [0.5, 0.6) is 5.88 Å². The first-order valence-corrected chi connectivity index (χ1v) is 6.10. The Labute approximate surface area is 110 Å². The number of rotatable bonds is 4. The van der Waals surface area contributed by atoms with Crippen LogP contribution in [-0.4, -0.2) is 53.1 Å². The fourth-order valence-corrected chi connectivity index (χ4v) is 2.13. The van der Waals surface area contributed by atoms with Crippen LogP contribution in [0.2, 0.25) is 0 Å². The highest BCUT2D eigenvalue weighted by Gasteiger charge is 2.26. The fraction of sp³-hybridized carbons (Fsp3) is 0.636. The lowest BCUT2D eigenvalue weighted by molar-refractivity contribution is -0.385. The summed E-state index contributed by atoms with van der Waals surface area (Å²) in [4.78, 5) is 20.5. The van der Waals surface area contributed by atoms with Crippen molar-refractivity contribution in [2.24, 2.45) is 0 Å². The Morgan fingerprint density at radius 1 is 1.47 bits per heavy atom. The summed E-state index contributed by atoms with van der Waals surface area (Å²) in [6.45, 7) is 1.93. The second-order valence-electron chi connectivity index (χ2n) is 4.56. The number of aromatic nitrogens is 2. The molecule has 0 radical (unpaired) electrons. The number of nitro groups is 1. The first-order chi connectivity index (χ1) is 9.11. The van der Waals surface area contributed by atoms with Gasteiger partial charge < -0.3 is 15.0 Å². The van der Waals surface area contributed by atoms with Crippen LogP contribution >= 0.6 is 0 Å². The molecule has 0 spiro atoms. The van der Waals surface area contributed by atoms with Crippen molar-refractivity contribution in [2.75, 3.05) is 32.6 Å². The number of ether oxygens (including phenoxy) is 1. The molecule has 2 heterocycles. The number of likely N-dealkylation sites (tertiary alicyclic amines) is 1. The van der Waals surface area contributed by atoms with E-state index in [0.29, 0.717) is 0 Å². The molecule has 1 fully saturated rings. The SMILES string of the molecule is COc1ncnc(NC2CCN(C)CC2)c1[N+](=O)[O-]. The molecule has 1 aromatic rings. The van der Waals surface area contributed by atoms with E-state index in [9.17, 15) is 10.1 Å². The van der Waals surface area contributed by atoms with Crippen LogP contribution in [0.1, 0.15) is 12.8 Å². The molecule has 0 aliphatic carbocycles. The maximum absolute atomic E-state index is 11.1. The molecule has 1 aliphatic rings. The van der Waals surface area contributed by atoms with E-state index >= 15 is 0 Å². The standard InChI is InChI=1S/C11H17N5O3/c1-15-5-3-8(4-6-15)14-10-9(16(17)18)11(19-2)13-7-12-10/h7-8H,3-6H2,1-2H3,(H,12,13,14). The van der Waals surface area contributed by atoms with Gasteiger partial charge >= 0.3 is 5.69 Å². The Kier molecular flexibility index (Phi) is 4.10. The lowest BCUT2D eigenvalue weighted by atomic mass is 10.1. The molecule has 1 aromatic heterocycles. The minimum absolute atomic E-state index is 0.0181. The third kappa shape index (κ3) is 3.08. The third-order valence-electron chi connectivity index (χ3n) is 3.22. The number of nitrogens with zero attached hydrogens (tertiary/aromatic N) is 4. The van der Waals surface area contributed by atoms with E-state index in [4.69, 9.17) is 4.74 Å². The lowest BCUT2D eigenvalue weighted by Gasteiger charge is -2.29. The first-order valence-electron chi connectivity index (χ1n) is 6.10. The van der Waals surface area contributed by atoms with Gasteiger partial charge in [-0.1, -0.05) is 0 Å². The fourth-order valence-electron chi connectivity index (χ4n) is 2.13. The second kappa shape index (κ2) is 5.79. The van der Waals surface area contributed by atoms with Gasteiger partial charge in [-0.3, -0.25) is 10.1 Å². The molecule has 104 valence electrons. The third-order valence-corrected chi connectivity index (χ3v) is 3.22. The Balaban J connectivity index is 2.17. The molecular weight excluding hydrogens is 250 g/mol. The number of hydrogen-bond acceptors (Lipinski definition) is 7. The largest absolute Gasteiger partial charge is 0.476 e. The highest BCUT2D eigenvalue weighted by molar-refractivity contribution is 5.61. The summed E-state index contributed by atoms with van der Waals surface area (Å²) in [6, 6.07) is 0.189. The summed E-state index contributed by atoms with van der Waals surface area (Å²) in [6.07, 6.45) is 3.13. The van der Waals surface area contributed by atoms with Crippen LogP contribution in [0, 0.1) is 10.1 Å². The number of piperidine rings is 1. The Morgan fingerprint density at radius 3 is 2.74 bits per heavy atom. The monoisotopic (exact) mass is 267 g/mol. The van der Waals surface area contributed by atoms with Gasteiger partial charge in [-0.15, -0.1) is 0 Å². The molecular formula is C11H17N5O3. The van der Waals surface area contributed by atoms with E-state index < -0.39 is 4.92 Å². The molecule has 8 heteroatoms. The van der Waals surface area contributed by atoms with Crippen molar-refractivity contribution < 1.29 is 9.66 Å². The lowest BCUT2D eigenvalue weighted by Crippen LogP contribution is -2.37. The van der Waals surface area contributed by atoms with Crippen molar-refractivity contribution in [1.82, 2.24) is 14.9 Å². The van der Waals surface area contributed by atoms with Crippen LogP contribution in [0.4, 0.5) is 11.5 Å². The smallest absolute Gasteiger partial charge is 0.372 e. The summed E-state index contributed by atoms with van der Waals surface area (Å²) in [7, 11) is 3.42. The number of hydrogen-bond donors (Lipinski definition) is 1. The molecule has 0 unspecified atom stereocenters. The predicted molar refractivity (Wildman–Crippen MR) is 69.4 cm³/mol. The minimum Gasteiger partial charge on any atom is -0.476 e. The van der Waals surface area contributed by atoms with Crippen molar-refractivity contribution in [1.29, 1.82) is 0 Å². The molecule has 0 bridgehead atoms. The maximum atomic E-state index is 11.1. The molecule has 0 atom stereocenters. The van der Waals surface area contributed by atoms with Gasteiger partial charge in [0, 0.05) is 6.04 Å². The Hall–Kier alpha value is -1.96. The van der Waals surface area contributed by atoms with Crippen LogP contribution in [0.25, 0.3) is 0 Å². The summed E-state index contributed by atoms with van der Waals surface area (Å²) >= 11 is 0. The number of anilines is 1. The molecule has 1 N–H and O–H groups in total. The quantitative estimate of drug-likeness (QED) is 0.639. The molecule has 19 heavy (non-hydrogen) atoms. The highest BCUT2D eigenvalue weighted by atomic mass is 16.6. The molecule has 0 aromatic carbocycles. The van der Waals surface area contributed by atoms with E-state index in [1.54, 1.807) is 0 Å². The van der Waals surface area contributed by atoms with Crippen molar-refractivity contribution >= 4 is 11.5 Å². The average molecular weight is 267 g/mol. The zero-order chi connectivity index (χ0) is 13.8. The van der Waals surface area contributed by atoms with Gasteiger partial charge in [-0.2, -0.15) is 4.98 Å². The molecule has 2 rings (SSSR count). The molecule has 0 amide bonds. The summed E-state index contributed by atoms with van der Waals surface area (Å²) in [5.74, 6) is 0.210. The highest BCUT2D eigenvalue weighted by Crippen LogP contribution is 2.31. The Bertz CT molecular complexity index is 460.